The number of halogens is 1. The molecule has 27 heavy (non-hydrogen) atoms. The van der Waals surface area contributed by atoms with Crippen LogP contribution in [0.2, 0.25) is 0 Å². The predicted molar refractivity (Wildman–Crippen MR) is 99.3 cm³/mol. The minimum absolute atomic E-state index is 0.168. The van der Waals surface area contributed by atoms with Crippen molar-refractivity contribution in [1.82, 2.24) is 20.4 Å². The van der Waals surface area contributed by atoms with Gasteiger partial charge in [-0.05, 0) is 43.9 Å². The molecule has 6 nitrogen and oxygen atoms in total. The molecule has 1 aromatic heterocycles. The highest BCUT2D eigenvalue weighted by molar-refractivity contribution is 5.83. The Morgan fingerprint density at radius 1 is 1.15 bits per heavy atom. The Hall–Kier alpha value is -3.06. The molecule has 0 saturated carbocycles. The van der Waals surface area contributed by atoms with Crippen LogP contribution in [-0.2, 0) is 11.2 Å². The fourth-order valence-electron chi connectivity index (χ4n) is 2.78. The van der Waals surface area contributed by atoms with E-state index in [1.807, 2.05) is 30.3 Å². The molecule has 140 valence electrons. The van der Waals surface area contributed by atoms with Crippen LogP contribution in [-0.4, -0.2) is 41.6 Å². The fourth-order valence-corrected chi connectivity index (χ4v) is 2.78. The van der Waals surface area contributed by atoms with Gasteiger partial charge in [0.05, 0.1) is 0 Å². The quantitative estimate of drug-likeness (QED) is 0.694. The molecule has 3 rings (SSSR count). The van der Waals surface area contributed by atoms with E-state index in [2.05, 4.69) is 15.5 Å². The Labute approximate surface area is 157 Å². The van der Waals surface area contributed by atoms with Gasteiger partial charge in [0.1, 0.15) is 11.9 Å². The van der Waals surface area contributed by atoms with Gasteiger partial charge < -0.3 is 9.84 Å². The molecule has 0 saturated heterocycles. The molecule has 0 aliphatic heterocycles. The maximum Gasteiger partial charge on any atom is 0.257 e. The number of amides is 1. The molecule has 0 radical (unpaired) electrons. The Morgan fingerprint density at radius 3 is 2.52 bits per heavy atom. The van der Waals surface area contributed by atoms with Crippen molar-refractivity contribution < 1.29 is 13.7 Å². The minimum atomic E-state index is -0.504. The second kappa shape index (κ2) is 8.55. The van der Waals surface area contributed by atoms with Gasteiger partial charge in [-0.2, -0.15) is 4.98 Å². The Bertz CT molecular complexity index is 879. The first kappa shape index (κ1) is 18.7. The van der Waals surface area contributed by atoms with E-state index in [-0.39, 0.29) is 11.7 Å². The lowest BCUT2D eigenvalue weighted by atomic mass is 10.1. The third-order valence-electron chi connectivity index (χ3n) is 4.09. The van der Waals surface area contributed by atoms with Crippen LogP contribution in [0.15, 0.2) is 59.1 Å². The summed E-state index contributed by atoms with van der Waals surface area (Å²) in [4.78, 5) is 18.7. The van der Waals surface area contributed by atoms with Crippen molar-refractivity contribution >= 4 is 5.91 Å². The highest BCUT2D eigenvalue weighted by Gasteiger charge is 2.22. The zero-order valence-corrected chi connectivity index (χ0v) is 15.2. The van der Waals surface area contributed by atoms with Gasteiger partial charge in [0.2, 0.25) is 5.91 Å². The van der Waals surface area contributed by atoms with E-state index in [9.17, 15) is 9.18 Å². The number of nitrogens with zero attached hydrogens (tertiary/aromatic N) is 3. The van der Waals surface area contributed by atoms with Crippen LogP contribution >= 0.6 is 0 Å². The number of benzene rings is 2. The van der Waals surface area contributed by atoms with Crippen LogP contribution in [0.1, 0.15) is 17.4 Å². The van der Waals surface area contributed by atoms with Crippen molar-refractivity contribution in [2.45, 2.75) is 12.5 Å². The van der Waals surface area contributed by atoms with Crippen LogP contribution < -0.4 is 5.32 Å². The van der Waals surface area contributed by atoms with E-state index in [0.29, 0.717) is 24.7 Å². The van der Waals surface area contributed by atoms with Crippen LogP contribution in [0.25, 0.3) is 11.5 Å². The lowest BCUT2D eigenvalue weighted by Crippen LogP contribution is -2.38. The summed E-state index contributed by atoms with van der Waals surface area (Å²) in [5.41, 5.74) is 1.58. The van der Waals surface area contributed by atoms with Gasteiger partial charge in [-0.1, -0.05) is 35.5 Å². The molecule has 3 aromatic rings. The van der Waals surface area contributed by atoms with Gasteiger partial charge in [-0.3, -0.25) is 9.69 Å². The zero-order chi connectivity index (χ0) is 19.2. The molecule has 0 bridgehead atoms. The van der Waals surface area contributed by atoms with Crippen molar-refractivity contribution in [1.29, 1.82) is 0 Å². The van der Waals surface area contributed by atoms with E-state index in [0.717, 1.165) is 11.1 Å². The number of hydrogen-bond donors (Lipinski definition) is 1. The van der Waals surface area contributed by atoms with Crippen LogP contribution in [0.5, 0.6) is 0 Å². The molecule has 2 aromatic carbocycles. The molecule has 0 aliphatic carbocycles. The second-order valence-corrected chi connectivity index (χ2v) is 6.34. The molecule has 1 heterocycles. The second-order valence-electron chi connectivity index (χ2n) is 6.34. The number of aromatic nitrogens is 2. The van der Waals surface area contributed by atoms with Crippen molar-refractivity contribution in [3.05, 3.63) is 71.8 Å². The van der Waals surface area contributed by atoms with Crippen molar-refractivity contribution in [3.8, 4) is 11.5 Å². The average molecular weight is 368 g/mol. The Morgan fingerprint density at radius 2 is 1.85 bits per heavy atom. The van der Waals surface area contributed by atoms with E-state index in [4.69, 9.17) is 4.52 Å². The molecule has 0 unspecified atom stereocenters. The van der Waals surface area contributed by atoms with Gasteiger partial charge in [-0.25, -0.2) is 4.39 Å². The summed E-state index contributed by atoms with van der Waals surface area (Å²) in [7, 11) is 3.61. The van der Waals surface area contributed by atoms with E-state index in [1.165, 1.54) is 12.1 Å². The van der Waals surface area contributed by atoms with Gasteiger partial charge in [0.25, 0.3) is 5.89 Å². The lowest BCUT2D eigenvalue weighted by molar-refractivity contribution is -0.125. The predicted octanol–water partition coefficient (Wildman–Crippen LogP) is 2.84. The maximum atomic E-state index is 13.1. The first-order chi connectivity index (χ1) is 13.0. The molecule has 1 amide bonds. The van der Waals surface area contributed by atoms with Gasteiger partial charge >= 0.3 is 0 Å². The Kier molecular flexibility index (Phi) is 5.93. The first-order valence-corrected chi connectivity index (χ1v) is 8.62. The highest BCUT2D eigenvalue weighted by atomic mass is 19.1. The smallest absolute Gasteiger partial charge is 0.257 e. The third-order valence-corrected chi connectivity index (χ3v) is 4.09. The number of nitrogens with one attached hydrogen (secondary N) is 1. The van der Waals surface area contributed by atoms with Gasteiger partial charge in [-0.15, -0.1) is 0 Å². The molecular weight excluding hydrogens is 347 g/mol. The zero-order valence-electron chi connectivity index (χ0n) is 15.2. The number of carbonyl (C=O) groups excluding carboxylic acids is 1. The fraction of sp³-hybridized carbons (Fsp3) is 0.250. The summed E-state index contributed by atoms with van der Waals surface area (Å²) in [5, 5.41) is 6.83. The summed E-state index contributed by atoms with van der Waals surface area (Å²) in [5.74, 6) is 0.480. The monoisotopic (exact) mass is 368 g/mol. The minimum Gasteiger partial charge on any atom is -0.354 e. The molecule has 1 N–H and O–H groups in total. The normalized spacial score (nSPS) is 12.1. The summed E-state index contributed by atoms with van der Waals surface area (Å²) in [6.07, 6.45) is 0.450. The van der Waals surface area contributed by atoms with E-state index >= 15 is 0 Å². The van der Waals surface area contributed by atoms with E-state index < -0.39 is 6.04 Å². The third kappa shape index (κ3) is 4.77. The van der Waals surface area contributed by atoms with E-state index in [1.54, 1.807) is 31.1 Å². The summed E-state index contributed by atoms with van der Waals surface area (Å²) in [6, 6.07) is 14.9. The molecule has 0 fully saturated rings. The number of rotatable bonds is 7. The molecule has 1 atom stereocenters. The van der Waals surface area contributed by atoms with Gasteiger partial charge in [0.15, 0.2) is 5.82 Å². The maximum absolute atomic E-state index is 13.1. The molecular formula is C20H21FN4O2. The molecule has 0 spiro atoms. The number of carbonyl (C=O) groups is 1. The SMILES string of the molecule is CN(C)[C@@H](C(=O)NCCc1noc(-c2ccccc2)n1)c1ccc(F)cc1. The summed E-state index contributed by atoms with van der Waals surface area (Å²) >= 11 is 0. The topological polar surface area (TPSA) is 71.3 Å². The van der Waals surface area contributed by atoms with Crippen molar-refractivity contribution in [2.24, 2.45) is 0 Å². The van der Waals surface area contributed by atoms with Crippen molar-refractivity contribution in [2.75, 3.05) is 20.6 Å². The van der Waals surface area contributed by atoms with Crippen LogP contribution in [0, 0.1) is 5.82 Å². The average Bonchev–Trinajstić information content (AvgIpc) is 3.13. The first-order valence-electron chi connectivity index (χ1n) is 8.62. The highest BCUT2D eigenvalue weighted by Crippen LogP contribution is 2.19. The molecule has 0 aliphatic rings. The Balaban J connectivity index is 1.58. The van der Waals surface area contributed by atoms with Crippen LogP contribution in [0.4, 0.5) is 4.39 Å². The largest absolute Gasteiger partial charge is 0.354 e. The molecule has 7 heteroatoms. The van der Waals surface area contributed by atoms with Crippen LogP contribution in [0.3, 0.4) is 0 Å². The number of hydrogen-bond acceptors (Lipinski definition) is 5. The number of likely N-dealkylation sites (N-methyl/N-ethyl adjacent to an activating group) is 1. The lowest BCUT2D eigenvalue weighted by Gasteiger charge is -2.23. The van der Waals surface area contributed by atoms with Crippen molar-refractivity contribution in [3.63, 3.8) is 0 Å². The standard InChI is InChI=1S/C20H21FN4O2/c1-25(2)18(14-8-10-16(21)11-9-14)19(26)22-13-12-17-23-20(27-24-17)15-6-4-3-5-7-15/h3-11,18H,12-13H2,1-2H3,(H,22,26)/t18-/m1/s1. The summed E-state index contributed by atoms with van der Waals surface area (Å²) < 4.78 is 18.4. The summed E-state index contributed by atoms with van der Waals surface area (Å²) in [6.45, 7) is 0.373. The van der Waals surface area contributed by atoms with Gasteiger partial charge in [0, 0.05) is 18.5 Å².